The number of rotatable bonds is 11. The van der Waals surface area contributed by atoms with Gasteiger partial charge in [-0.3, -0.25) is 4.79 Å². The van der Waals surface area contributed by atoms with Crippen LogP contribution in [-0.4, -0.2) is 47.8 Å². The van der Waals surface area contributed by atoms with Crippen molar-refractivity contribution >= 4 is 5.91 Å². The lowest BCUT2D eigenvalue weighted by Crippen LogP contribution is -2.57. The third-order valence-corrected chi connectivity index (χ3v) is 8.28. The third kappa shape index (κ3) is 4.33. The van der Waals surface area contributed by atoms with Crippen LogP contribution in [0.15, 0.2) is 0 Å². The maximum absolute atomic E-state index is 12.7. The first kappa shape index (κ1) is 22.6. The zero-order valence-corrected chi connectivity index (χ0v) is 20.4. The summed E-state index contributed by atoms with van der Waals surface area (Å²) in [5.41, 5.74) is 1.54. The molecule has 0 bridgehead atoms. The number of amides is 1. The van der Waals surface area contributed by atoms with Crippen LogP contribution in [0.4, 0.5) is 0 Å². The molecular formula is C26H45NO3. The van der Waals surface area contributed by atoms with Gasteiger partial charge in [0.15, 0.2) is 0 Å². The number of nitrogens with zero attached hydrogens (tertiary/aromatic N) is 1. The molecule has 4 aliphatic rings. The molecule has 1 aliphatic heterocycles. The molecule has 0 aromatic carbocycles. The number of likely N-dealkylation sites (tertiary alicyclic amines) is 1. The molecule has 3 aliphatic carbocycles. The molecule has 0 aromatic rings. The first-order valence-corrected chi connectivity index (χ1v) is 12.5. The summed E-state index contributed by atoms with van der Waals surface area (Å²) >= 11 is 0. The average Bonchev–Trinajstić information content (AvgIpc) is 3.31. The Morgan fingerprint density at radius 1 is 0.867 bits per heavy atom. The average molecular weight is 420 g/mol. The fourth-order valence-corrected chi connectivity index (χ4v) is 6.87. The number of ether oxygens (including phenoxy) is 2. The van der Waals surface area contributed by atoms with Crippen molar-refractivity contribution in [1.29, 1.82) is 0 Å². The maximum Gasteiger partial charge on any atom is 0.223 e. The van der Waals surface area contributed by atoms with Gasteiger partial charge in [0, 0.05) is 26.1 Å². The molecule has 1 spiro atoms. The highest BCUT2D eigenvalue weighted by Gasteiger charge is 2.95. The summed E-state index contributed by atoms with van der Waals surface area (Å²) in [6, 6.07) is 0. The lowest BCUT2D eigenvalue weighted by atomic mass is 9.70. The quantitative estimate of drug-likeness (QED) is 0.402. The molecule has 4 rings (SSSR count). The summed E-state index contributed by atoms with van der Waals surface area (Å²) in [4.78, 5) is 14.8. The second kappa shape index (κ2) is 7.47. The van der Waals surface area contributed by atoms with Gasteiger partial charge >= 0.3 is 0 Å². The van der Waals surface area contributed by atoms with Crippen molar-refractivity contribution in [2.75, 3.05) is 19.7 Å². The number of hydrogen-bond donors (Lipinski definition) is 0. The summed E-state index contributed by atoms with van der Waals surface area (Å²) in [6.07, 6.45) is 13.1. The topological polar surface area (TPSA) is 38.8 Å². The van der Waals surface area contributed by atoms with Crippen LogP contribution in [0, 0.1) is 16.2 Å². The van der Waals surface area contributed by atoms with Crippen molar-refractivity contribution in [3.05, 3.63) is 0 Å². The number of carbonyl (C=O) groups is 1. The monoisotopic (exact) mass is 419 g/mol. The lowest BCUT2D eigenvalue weighted by molar-refractivity contribution is -0.159. The predicted octanol–water partition coefficient (Wildman–Crippen LogP) is 5.73. The van der Waals surface area contributed by atoms with Crippen molar-refractivity contribution in [3.63, 3.8) is 0 Å². The van der Waals surface area contributed by atoms with E-state index in [0.29, 0.717) is 22.2 Å². The highest BCUT2D eigenvalue weighted by atomic mass is 16.5. The Kier molecular flexibility index (Phi) is 5.62. The van der Waals surface area contributed by atoms with E-state index < -0.39 is 0 Å². The number of hydrogen-bond acceptors (Lipinski definition) is 3. The minimum atomic E-state index is -0.110. The van der Waals surface area contributed by atoms with Gasteiger partial charge < -0.3 is 14.4 Å². The van der Waals surface area contributed by atoms with E-state index >= 15 is 0 Å². The lowest BCUT2D eigenvalue weighted by Gasteiger charge is -2.43. The molecular weight excluding hydrogens is 374 g/mol. The predicted molar refractivity (Wildman–Crippen MR) is 120 cm³/mol. The Labute approximate surface area is 184 Å². The van der Waals surface area contributed by atoms with E-state index in [1.807, 2.05) is 4.90 Å². The summed E-state index contributed by atoms with van der Waals surface area (Å²) < 4.78 is 11.8. The zero-order chi connectivity index (χ0) is 21.8. The second-order valence-electron chi connectivity index (χ2n) is 13.0. The molecule has 3 unspecified atom stereocenters. The van der Waals surface area contributed by atoms with Crippen LogP contribution in [0.25, 0.3) is 0 Å². The van der Waals surface area contributed by atoms with Crippen LogP contribution < -0.4 is 0 Å². The molecule has 0 radical (unpaired) electrons. The Balaban J connectivity index is 1.07. The summed E-state index contributed by atoms with van der Waals surface area (Å²) in [7, 11) is 0. The van der Waals surface area contributed by atoms with Gasteiger partial charge in [0.05, 0.1) is 17.3 Å². The maximum atomic E-state index is 12.7. The molecule has 4 fully saturated rings. The van der Waals surface area contributed by atoms with Crippen LogP contribution in [0.2, 0.25) is 0 Å². The third-order valence-electron chi connectivity index (χ3n) is 8.28. The van der Waals surface area contributed by atoms with Crippen molar-refractivity contribution in [2.24, 2.45) is 16.2 Å². The van der Waals surface area contributed by atoms with E-state index in [1.54, 1.807) is 0 Å². The van der Waals surface area contributed by atoms with Crippen LogP contribution in [-0.2, 0) is 14.3 Å². The Hall–Kier alpha value is -0.610. The van der Waals surface area contributed by atoms with E-state index in [9.17, 15) is 4.79 Å². The van der Waals surface area contributed by atoms with Crippen molar-refractivity contribution in [2.45, 2.75) is 123 Å². The zero-order valence-electron chi connectivity index (χ0n) is 20.4. The van der Waals surface area contributed by atoms with Gasteiger partial charge in [-0.2, -0.15) is 0 Å². The molecule has 4 nitrogen and oxygen atoms in total. The summed E-state index contributed by atoms with van der Waals surface area (Å²) in [6.45, 7) is 15.1. The van der Waals surface area contributed by atoms with Crippen molar-refractivity contribution < 1.29 is 14.3 Å². The molecule has 172 valence electrons. The Morgan fingerprint density at radius 2 is 1.50 bits per heavy atom. The molecule has 0 aromatic heterocycles. The van der Waals surface area contributed by atoms with E-state index in [-0.39, 0.29) is 17.3 Å². The van der Waals surface area contributed by atoms with Gasteiger partial charge in [-0.25, -0.2) is 0 Å². The fourth-order valence-electron chi connectivity index (χ4n) is 6.87. The van der Waals surface area contributed by atoms with Gasteiger partial charge in [0.2, 0.25) is 5.91 Å². The van der Waals surface area contributed by atoms with E-state index in [0.717, 1.165) is 26.1 Å². The molecule has 4 heteroatoms. The molecule has 1 saturated heterocycles. The van der Waals surface area contributed by atoms with E-state index in [4.69, 9.17) is 9.47 Å². The number of carbonyl (C=O) groups excluding carboxylic acids is 1. The van der Waals surface area contributed by atoms with Crippen LogP contribution in [0.1, 0.15) is 106 Å². The van der Waals surface area contributed by atoms with Gasteiger partial charge in [0.1, 0.15) is 0 Å². The minimum Gasteiger partial charge on any atom is -0.376 e. The number of unbranched alkanes of at least 4 members (excludes halogenated alkanes) is 4. The Bertz CT molecular complexity index is 656. The minimum absolute atomic E-state index is 0.000615. The summed E-state index contributed by atoms with van der Waals surface area (Å²) in [5, 5.41) is 0. The van der Waals surface area contributed by atoms with Gasteiger partial charge in [-0.15, -0.1) is 0 Å². The normalized spacial score (nSPS) is 34.7. The first-order chi connectivity index (χ1) is 13.9. The smallest absolute Gasteiger partial charge is 0.223 e. The first-order valence-electron chi connectivity index (χ1n) is 12.5. The highest BCUT2D eigenvalue weighted by Crippen LogP contribution is 3.02. The second-order valence-corrected chi connectivity index (χ2v) is 13.0. The SMILES string of the molecule is CC(C)(C)OCCCCCCCC12CC3(CC(=O)N4CC(OC(C)(C)C)C4)CC13C2. The molecule has 30 heavy (non-hydrogen) atoms. The van der Waals surface area contributed by atoms with E-state index in [1.165, 1.54) is 57.8 Å². The molecule has 3 atom stereocenters. The van der Waals surface area contributed by atoms with Crippen molar-refractivity contribution in [1.82, 2.24) is 4.90 Å². The van der Waals surface area contributed by atoms with Crippen LogP contribution >= 0.6 is 0 Å². The van der Waals surface area contributed by atoms with Gasteiger partial charge in [-0.05, 0) is 89.9 Å². The summed E-state index contributed by atoms with van der Waals surface area (Å²) in [5.74, 6) is 0.388. The van der Waals surface area contributed by atoms with E-state index in [2.05, 4.69) is 41.5 Å². The standard InChI is InChI=1S/C26H45NO3/c1-22(2,3)29-13-11-9-7-8-10-12-24-17-25(19-26(24,25)18-24)14-21(28)27-15-20(16-27)30-23(4,5)6/h20H,7-19H2,1-6H3. The fraction of sp³-hybridized carbons (Fsp3) is 0.962. The highest BCUT2D eigenvalue weighted by molar-refractivity contribution is 5.79. The van der Waals surface area contributed by atoms with Gasteiger partial charge in [-0.1, -0.05) is 25.7 Å². The molecule has 3 saturated carbocycles. The molecule has 1 amide bonds. The largest absolute Gasteiger partial charge is 0.376 e. The molecule has 0 N–H and O–H groups in total. The van der Waals surface area contributed by atoms with Gasteiger partial charge in [0.25, 0.3) is 0 Å². The molecule has 1 heterocycles. The van der Waals surface area contributed by atoms with Crippen LogP contribution in [0.5, 0.6) is 0 Å². The van der Waals surface area contributed by atoms with Crippen LogP contribution in [0.3, 0.4) is 0 Å². The van der Waals surface area contributed by atoms with Crippen molar-refractivity contribution in [3.8, 4) is 0 Å². The Morgan fingerprint density at radius 3 is 2.13 bits per heavy atom.